The van der Waals surface area contributed by atoms with Crippen LogP contribution in [0.2, 0.25) is 0 Å². The summed E-state index contributed by atoms with van der Waals surface area (Å²) < 4.78 is 25.2. The molecule has 0 aliphatic carbocycles. The molecule has 1 N–H and O–H groups in total. The average Bonchev–Trinajstić information content (AvgIpc) is 2.99. The van der Waals surface area contributed by atoms with E-state index in [0.29, 0.717) is 4.70 Å². The van der Waals surface area contributed by atoms with Crippen LogP contribution in [0.25, 0.3) is 10.1 Å². The Hall–Kier alpha value is -2.48. The molecule has 0 spiro atoms. The van der Waals surface area contributed by atoms with E-state index < -0.39 is 29.2 Å². The molecule has 0 aliphatic rings. The first kappa shape index (κ1) is 21.8. The predicted molar refractivity (Wildman–Crippen MR) is 105 cm³/mol. The molecule has 0 aliphatic heterocycles. The number of ether oxygens (including phenoxy) is 2. The Labute approximate surface area is 167 Å². The number of hydrogen-bond acceptors (Lipinski definition) is 6. The summed E-state index contributed by atoms with van der Waals surface area (Å²) in [5, 5.41) is 2.81. The molecule has 1 aromatic carbocycles. The molecule has 0 fully saturated rings. The molecule has 2 aromatic rings. The smallest absolute Gasteiger partial charge is 0.348 e. The van der Waals surface area contributed by atoms with E-state index in [9.17, 15) is 18.8 Å². The van der Waals surface area contributed by atoms with Gasteiger partial charge in [-0.2, -0.15) is 0 Å². The number of esters is 2. The van der Waals surface area contributed by atoms with E-state index >= 15 is 0 Å². The summed E-state index contributed by atoms with van der Waals surface area (Å²) in [6, 6.07) is 3.63. The number of amides is 1. The minimum atomic E-state index is -0.882. The van der Waals surface area contributed by atoms with Crippen LogP contribution in [-0.2, 0) is 25.7 Å². The molecule has 1 unspecified atom stereocenters. The molecule has 8 heteroatoms. The number of rotatable bonds is 6. The fraction of sp³-hybridized carbons (Fsp3) is 0.450. The second-order valence-electron chi connectivity index (χ2n) is 7.30. The fourth-order valence-corrected chi connectivity index (χ4v) is 3.52. The quantitative estimate of drug-likeness (QED) is 0.734. The van der Waals surface area contributed by atoms with Gasteiger partial charge in [-0.05, 0) is 26.0 Å². The molecule has 152 valence electrons. The van der Waals surface area contributed by atoms with Crippen LogP contribution in [0.3, 0.4) is 0 Å². The van der Waals surface area contributed by atoms with Crippen molar-refractivity contribution in [3.8, 4) is 0 Å². The minimum Gasteiger partial charge on any atom is -0.462 e. The van der Waals surface area contributed by atoms with Gasteiger partial charge in [-0.3, -0.25) is 4.79 Å². The second-order valence-corrected chi connectivity index (χ2v) is 8.35. The lowest BCUT2D eigenvalue weighted by atomic mass is 9.95. The van der Waals surface area contributed by atoms with Gasteiger partial charge in [0.15, 0.2) is 0 Å². The van der Waals surface area contributed by atoms with Crippen LogP contribution in [0.15, 0.2) is 18.2 Å². The van der Waals surface area contributed by atoms with Gasteiger partial charge in [-0.1, -0.05) is 26.8 Å². The zero-order valence-corrected chi connectivity index (χ0v) is 17.4. The van der Waals surface area contributed by atoms with Crippen LogP contribution in [0, 0.1) is 11.2 Å². The Morgan fingerprint density at radius 2 is 1.89 bits per heavy atom. The summed E-state index contributed by atoms with van der Waals surface area (Å²) >= 11 is 1.08. The third-order valence-electron chi connectivity index (χ3n) is 3.97. The van der Waals surface area contributed by atoms with E-state index in [4.69, 9.17) is 9.47 Å². The van der Waals surface area contributed by atoms with Crippen molar-refractivity contribution in [1.29, 1.82) is 0 Å². The highest BCUT2D eigenvalue weighted by molar-refractivity contribution is 7.21. The summed E-state index contributed by atoms with van der Waals surface area (Å²) in [5.41, 5.74) is -0.391. The summed E-state index contributed by atoms with van der Waals surface area (Å²) in [7, 11) is 0. The number of carbonyl (C=O) groups is 3. The Balaban J connectivity index is 2.23. The van der Waals surface area contributed by atoms with Crippen molar-refractivity contribution in [2.24, 2.45) is 5.41 Å². The van der Waals surface area contributed by atoms with Gasteiger partial charge in [0.05, 0.1) is 6.61 Å². The SMILES string of the molecule is CCOC(=O)c1sc2cccc(F)c2c1COC(=O)C(C)NC(=O)C(C)(C)C. The number of carbonyl (C=O) groups excluding carboxylic acids is 3. The first-order chi connectivity index (χ1) is 13.1. The summed E-state index contributed by atoms with van der Waals surface area (Å²) in [4.78, 5) is 36.7. The van der Waals surface area contributed by atoms with Crippen molar-refractivity contribution in [3.63, 3.8) is 0 Å². The molecule has 1 heterocycles. The number of halogens is 1. The van der Waals surface area contributed by atoms with Crippen LogP contribution in [0.5, 0.6) is 0 Å². The van der Waals surface area contributed by atoms with Gasteiger partial charge < -0.3 is 14.8 Å². The summed E-state index contributed by atoms with van der Waals surface area (Å²) in [5.74, 6) is -2.08. The zero-order chi connectivity index (χ0) is 21.1. The maximum atomic E-state index is 14.4. The number of thiophene rings is 1. The van der Waals surface area contributed by atoms with Gasteiger partial charge in [0.25, 0.3) is 0 Å². The van der Waals surface area contributed by atoms with Crippen LogP contribution >= 0.6 is 11.3 Å². The Bertz CT molecular complexity index is 900. The molecule has 1 amide bonds. The van der Waals surface area contributed by atoms with Crippen molar-refractivity contribution in [3.05, 3.63) is 34.5 Å². The Kier molecular flexibility index (Phi) is 6.77. The van der Waals surface area contributed by atoms with Crippen LogP contribution in [0.1, 0.15) is 49.9 Å². The van der Waals surface area contributed by atoms with E-state index in [1.54, 1.807) is 39.8 Å². The number of benzene rings is 1. The number of hydrogen-bond donors (Lipinski definition) is 1. The predicted octanol–water partition coefficient (Wildman–Crippen LogP) is 3.81. The Morgan fingerprint density at radius 1 is 1.21 bits per heavy atom. The monoisotopic (exact) mass is 409 g/mol. The number of fused-ring (bicyclic) bond motifs is 1. The third-order valence-corrected chi connectivity index (χ3v) is 5.14. The van der Waals surface area contributed by atoms with Gasteiger partial charge >= 0.3 is 11.9 Å². The molecule has 2 rings (SSSR count). The van der Waals surface area contributed by atoms with E-state index in [0.717, 1.165) is 11.3 Å². The molecule has 1 atom stereocenters. The van der Waals surface area contributed by atoms with Gasteiger partial charge in [0.1, 0.15) is 23.3 Å². The summed E-state index contributed by atoms with van der Waals surface area (Å²) in [6.45, 7) is 8.23. The first-order valence-corrected chi connectivity index (χ1v) is 9.72. The Morgan fingerprint density at radius 3 is 2.50 bits per heavy atom. The van der Waals surface area contributed by atoms with Gasteiger partial charge in [-0.15, -0.1) is 11.3 Å². The topological polar surface area (TPSA) is 81.7 Å². The molecular weight excluding hydrogens is 385 g/mol. The molecule has 0 radical (unpaired) electrons. The lowest BCUT2D eigenvalue weighted by Crippen LogP contribution is -2.44. The maximum absolute atomic E-state index is 14.4. The summed E-state index contributed by atoms with van der Waals surface area (Å²) in [6.07, 6.45) is 0. The van der Waals surface area contributed by atoms with Crippen molar-refractivity contribution in [2.75, 3.05) is 6.61 Å². The standard InChI is InChI=1S/C20H24FNO5S/c1-6-26-18(24)16-12(15-13(21)8-7-9-14(15)28-16)10-27-17(23)11(2)22-19(25)20(3,4)5/h7-9,11H,6,10H2,1-5H3,(H,22,25). The van der Waals surface area contributed by atoms with Crippen LogP contribution in [-0.4, -0.2) is 30.5 Å². The third kappa shape index (κ3) is 4.86. The van der Waals surface area contributed by atoms with Crippen LogP contribution in [0.4, 0.5) is 4.39 Å². The van der Waals surface area contributed by atoms with E-state index in [2.05, 4.69) is 5.32 Å². The van der Waals surface area contributed by atoms with E-state index in [1.807, 2.05) is 0 Å². The molecule has 28 heavy (non-hydrogen) atoms. The largest absolute Gasteiger partial charge is 0.462 e. The highest BCUT2D eigenvalue weighted by Crippen LogP contribution is 2.34. The van der Waals surface area contributed by atoms with Crippen molar-refractivity contribution >= 4 is 39.3 Å². The zero-order valence-electron chi connectivity index (χ0n) is 16.6. The van der Waals surface area contributed by atoms with Crippen molar-refractivity contribution in [1.82, 2.24) is 5.32 Å². The molecule has 0 saturated carbocycles. The second kappa shape index (κ2) is 8.68. The highest BCUT2D eigenvalue weighted by Gasteiger charge is 2.27. The molecule has 1 aromatic heterocycles. The molecular formula is C20H24FNO5S. The van der Waals surface area contributed by atoms with Gasteiger partial charge in [-0.25, -0.2) is 14.0 Å². The molecule has 6 nitrogen and oxygen atoms in total. The number of nitrogens with one attached hydrogen (secondary N) is 1. The lowest BCUT2D eigenvalue weighted by molar-refractivity contribution is -0.149. The fourth-order valence-electron chi connectivity index (χ4n) is 2.41. The van der Waals surface area contributed by atoms with Crippen LogP contribution < -0.4 is 5.32 Å². The first-order valence-electron chi connectivity index (χ1n) is 8.90. The normalized spacial score (nSPS) is 12.5. The highest BCUT2D eigenvalue weighted by atomic mass is 32.1. The van der Waals surface area contributed by atoms with Crippen molar-refractivity contribution < 1.29 is 28.2 Å². The average molecular weight is 409 g/mol. The molecule has 0 saturated heterocycles. The van der Waals surface area contributed by atoms with Gasteiger partial charge in [0.2, 0.25) is 5.91 Å². The van der Waals surface area contributed by atoms with E-state index in [-0.39, 0.29) is 34.9 Å². The minimum absolute atomic E-state index is 0.171. The maximum Gasteiger partial charge on any atom is 0.348 e. The van der Waals surface area contributed by atoms with E-state index in [1.165, 1.54) is 13.0 Å². The van der Waals surface area contributed by atoms with Crippen molar-refractivity contribution in [2.45, 2.75) is 47.3 Å². The van der Waals surface area contributed by atoms with Gasteiger partial charge in [0, 0.05) is 21.1 Å². The molecule has 0 bridgehead atoms. The lowest BCUT2D eigenvalue weighted by Gasteiger charge is -2.21.